The molecule has 2 nitrogen and oxygen atoms in total. The zero-order chi connectivity index (χ0) is 30.8. The molecule has 0 heterocycles. The predicted octanol–water partition coefficient (Wildman–Crippen LogP) is 11.1. The number of phenolic OH excluding ortho intramolecular Hbond substituents is 2. The third kappa shape index (κ3) is 5.21. The Morgan fingerprint density at radius 2 is 0.929 bits per heavy atom. The molecule has 0 bridgehead atoms. The minimum absolute atomic E-state index is 0.252. The number of aryl methyl sites for hydroxylation is 2. The molecule has 0 radical (unpaired) electrons. The second-order valence-corrected chi connectivity index (χ2v) is 17.1. The summed E-state index contributed by atoms with van der Waals surface area (Å²) in [7, 11) is 0. The highest BCUT2D eigenvalue weighted by Gasteiger charge is 2.51. The normalized spacial score (nSPS) is 30.9. The van der Waals surface area contributed by atoms with Crippen LogP contribution in [-0.2, 0) is 23.7 Å². The van der Waals surface area contributed by atoms with Crippen molar-refractivity contribution in [2.45, 2.75) is 156 Å². The van der Waals surface area contributed by atoms with Crippen LogP contribution in [0, 0.1) is 22.7 Å². The fourth-order valence-electron chi connectivity index (χ4n) is 10.6. The molecule has 2 fully saturated rings. The van der Waals surface area contributed by atoms with Crippen molar-refractivity contribution < 1.29 is 10.2 Å². The maximum absolute atomic E-state index is 10.5. The van der Waals surface area contributed by atoms with E-state index in [0.29, 0.717) is 34.2 Å². The van der Waals surface area contributed by atoms with Gasteiger partial charge in [0.15, 0.2) is 0 Å². The Bertz CT molecular complexity index is 1210. The zero-order valence-corrected chi connectivity index (χ0v) is 28.6. The van der Waals surface area contributed by atoms with Gasteiger partial charge in [-0.3, -0.25) is 0 Å². The van der Waals surface area contributed by atoms with E-state index < -0.39 is 0 Å². The molecular weight excluding hydrogens is 512 g/mol. The van der Waals surface area contributed by atoms with Crippen molar-refractivity contribution in [1.29, 1.82) is 0 Å². The molecule has 6 rings (SSSR count). The van der Waals surface area contributed by atoms with Crippen LogP contribution in [0.2, 0.25) is 0 Å². The highest BCUT2D eigenvalue weighted by Crippen LogP contribution is 2.59. The summed E-state index contributed by atoms with van der Waals surface area (Å²) in [6.45, 7) is 23.3. The summed E-state index contributed by atoms with van der Waals surface area (Å²) < 4.78 is 0. The van der Waals surface area contributed by atoms with E-state index >= 15 is 0 Å². The van der Waals surface area contributed by atoms with E-state index in [1.807, 2.05) is 0 Å². The number of rotatable bonds is 2. The number of phenols is 2. The number of benzene rings is 2. The van der Waals surface area contributed by atoms with Gasteiger partial charge in [0.1, 0.15) is 11.5 Å². The summed E-state index contributed by atoms with van der Waals surface area (Å²) in [5.74, 6) is 3.29. The lowest BCUT2D eigenvalue weighted by Crippen LogP contribution is -2.47. The summed E-state index contributed by atoms with van der Waals surface area (Å²) >= 11 is 0. The first-order valence-corrected chi connectivity index (χ1v) is 17.2. The molecule has 4 aliphatic rings. The van der Waals surface area contributed by atoms with Gasteiger partial charge in [-0.05, 0) is 142 Å². The van der Waals surface area contributed by atoms with Gasteiger partial charge in [-0.15, -0.1) is 0 Å². The minimum Gasteiger partial charge on any atom is -0.508 e. The van der Waals surface area contributed by atoms with Crippen molar-refractivity contribution in [3.05, 3.63) is 57.6 Å². The van der Waals surface area contributed by atoms with Crippen molar-refractivity contribution >= 4 is 0 Å². The largest absolute Gasteiger partial charge is 0.508 e. The molecule has 0 aliphatic heterocycles. The summed E-state index contributed by atoms with van der Waals surface area (Å²) in [5.41, 5.74) is 9.46. The molecular formula is C40H60O2. The van der Waals surface area contributed by atoms with Crippen molar-refractivity contribution in [3.63, 3.8) is 0 Å². The van der Waals surface area contributed by atoms with Crippen LogP contribution in [0.3, 0.4) is 0 Å². The molecule has 2 heteroatoms. The Morgan fingerprint density at radius 3 is 1.26 bits per heavy atom. The van der Waals surface area contributed by atoms with Gasteiger partial charge in [-0.2, -0.15) is 0 Å². The molecule has 0 spiro atoms. The van der Waals surface area contributed by atoms with E-state index in [1.165, 1.54) is 86.5 Å². The van der Waals surface area contributed by atoms with Crippen molar-refractivity contribution in [1.82, 2.24) is 0 Å². The average Bonchev–Trinajstić information content (AvgIpc) is 2.88. The van der Waals surface area contributed by atoms with Gasteiger partial charge in [0.2, 0.25) is 0 Å². The second-order valence-electron chi connectivity index (χ2n) is 17.1. The zero-order valence-electron chi connectivity index (χ0n) is 28.6. The molecule has 0 amide bonds. The maximum Gasteiger partial charge on any atom is 0.119 e. The number of fused-ring (bicyclic) bond motifs is 6. The number of aromatic hydroxyl groups is 2. The Morgan fingerprint density at radius 1 is 0.571 bits per heavy atom. The standard InChI is InChI=1S/2C20H30O/c2*1-13(2)15-11-14-7-8-18-19(3,4)9-6-10-20(18,5)16(14)12-17(15)21/h2*11-13,18,21H,6-10H2,1-5H3/t2*18-,20+/m10/s1. The molecule has 2 saturated carbocycles. The SMILES string of the molecule is CC(C)c1cc2c(cc1O)[C@@]1(C)CCCC(C)(C)[C@@H]1CC2.CC(C)c1cc2c(cc1O)[C@]1(C)CCCC(C)(C)[C@H]1CC2. The first-order chi connectivity index (χ1) is 19.5. The summed E-state index contributed by atoms with van der Waals surface area (Å²) in [4.78, 5) is 0. The van der Waals surface area contributed by atoms with Gasteiger partial charge in [-0.1, -0.05) is 94.2 Å². The first-order valence-electron chi connectivity index (χ1n) is 17.2. The van der Waals surface area contributed by atoms with Gasteiger partial charge in [0.05, 0.1) is 0 Å². The van der Waals surface area contributed by atoms with E-state index in [9.17, 15) is 10.2 Å². The lowest BCUT2D eigenvalue weighted by Gasteiger charge is -2.54. The van der Waals surface area contributed by atoms with E-state index in [-0.39, 0.29) is 10.8 Å². The van der Waals surface area contributed by atoms with Crippen LogP contribution in [0.1, 0.15) is 166 Å². The molecule has 0 unspecified atom stereocenters. The number of hydrogen-bond acceptors (Lipinski definition) is 2. The lowest BCUT2D eigenvalue weighted by atomic mass is 9.50. The molecule has 0 saturated heterocycles. The highest BCUT2D eigenvalue weighted by molar-refractivity contribution is 5.50. The molecule has 42 heavy (non-hydrogen) atoms. The number of hydrogen-bond donors (Lipinski definition) is 2. The molecule has 232 valence electrons. The van der Waals surface area contributed by atoms with Crippen LogP contribution in [0.15, 0.2) is 24.3 Å². The third-order valence-corrected chi connectivity index (χ3v) is 12.8. The average molecular weight is 573 g/mol. The third-order valence-electron chi connectivity index (χ3n) is 12.8. The van der Waals surface area contributed by atoms with E-state index in [0.717, 1.165) is 23.0 Å². The summed E-state index contributed by atoms with van der Waals surface area (Å²) in [6, 6.07) is 8.80. The quantitative estimate of drug-likeness (QED) is 0.376. The molecule has 2 aromatic carbocycles. The highest BCUT2D eigenvalue weighted by atomic mass is 16.3. The van der Waals surface area contributed by atoms with Crippen LogP contribution in [0.25, 0.3) is 0 Å². The Kier molecular flexibility index (Phi) is 8.15. The Labute approximate surface area is 257 Å². The second kappa shape index (κ2) is 10.9. The van der Waals surface area contributed by atoms with Crippen molar-refractivity contribution in [2.24, 2.45) is 22.7 Å². The topological polar surface area (TPSA) is 40.5 Å². The van der Waals surface area contributed by atoms with E-state index in [2.05, 4.69) is 93.5 Å². The van der Waals surface area contributed by atoms with Gasteiger partial charge >= 0.3 is 0 Å². The van der Waals surface area contributed by atoms with Crippen LogP contribution in [-0.4, -0.2) is 10.2 Å². The van der Waals surface area contributed by atoms with Crippen LogP contribution in [0.5, 0.6) is 11.5 Å². The van der Waals surface area contributed by atoms with Crippen LogP contribution < -0.4 is 0 Å². The summed E-state index contributed by atoms with van der Waals surface area (Å²) in [6.07, 6.45) is 12.8. The Balaban J connectivity index is 0.000000168. The van der Waals surface area contributed by atoms with Gasteiger partial charge in [0, 0.05) is 0 Å². The van der Waals surface area contributed by atoms with Gasteiger partial charge < -0.3 is 10.2 Å². The van der Waals surface area contributed by atoms with Crippen molar-refractivity contribution in [2.75, 3.05) is 0 Å². The molecule has 4 atom stereocenters. The van der Waals surface area contributed by atoms with Crippen molar-refractivity contribution in [3.8, 4) is 11.5 Å². The molecule has 2 aromatic rings. The molecule has 4 aliphatic carbocycles. The fraction of sp³-hybridized carbons (Fsp3) is 0.700. The van der Waals surface area contributed by atoms with E-state index in [4.69, 9.17) is 0 Å². The van der Waals surface area contributed by atoms with Crippen LogP contribution in [0.4, 0.5) is 0 Å². The van der Waals surface area contributed by atoms with Gasteiger partial charge in [0.25, 0.3) is 0 Å². The fourth-order valence-corrected chi connectivity index (χ4v) is 10.6. The monoisotopic (exact) mass is 572 g/mol. The Hall–Kier alpha value is -1.96. The molecule has 2 N–H and O–H groups in total. The van der Waals surface area contributed by atoms with Gasteiger partial charge in [-0.25, -0.2) is 0 Å². The summed E-state index contributed by atoms with van der Waals surface area (Å²) in [5, 5.41) is 20.9. The maximum atomic E-state index is 10.5. The lowest BCUT2D eigenvalue weighted by molar-refractivity contribution is 0.0404. The van der Waals surface area contributed by atoms with E-state index in [1.54, 1.807) is 0 Å². The van der Waals surface area contributed by atoms with Crippen LogP contribution >= 0.6 is 0 Å². The smallest absolute Gasteiger partial charge is 0.119 e. The molecule has 0 aromatic heterocycles. The first kappa shape index (κ1) is 31.5. The minimum atomic E-state index is 0.252. The predicted molar refractivity (Wildman–Crippen MR) is 178 cm³/mol.